The zero-order chi connectivity index (χ0) is 13.0. The lowest BCUT2D eigenvalue weighted by molar-refractivity contribution is 0.215. The first-order valence-electron chi connectivity index (χ1n) is 6.72. The molecule has 3 nitrogen and oxygen atoms in total. The van der Waals surface area contributed by atoms with Gasteiger partial charge in [-0.25, -0.2) is 0 Å². The van der Waals surface area contributed by atoms with E-state index in [1.54, 1.807) is 7.11 Å². The third-order valence-corrected chi connectivity index (χ3v) is 3.75. The Bertz CT molecular complexity index is 381. The molecule has 2 unspecified atom stereocenters. The Hall–Kier alpha value is -1.22. The SMILES string of the molecule is COc1cccc(N2CCC(CC(C)CO)C2)c1. The summed E-state index contributed by atoms with van der Waals surface area (Å²) in [4.78, 5) is 2.41. The molecule has 0 spiro atoms. The Balaban J connectivity index is 1.95. The number of hydrogen-bond donors (Lipinski definition) is 1. The summed E-state index contributed by atoms with van der Waals surface area (Å²) in [6, 6.07) is 8.25. The first-order chi connectivity index (χ1) is 8.72. The van der Waals surface area contributed by atoms with Crippen LogP contribution in [0.4, 0.5) is 5.69 Å². The molecule has 1 aliphatic heterocycles. The van der Waals surface area contributed by atoms with E-state index in [0.717, 1.165) is 25.3 Å². The lowest BCUT2D eigenvalue weighted by Crippen LogP contribution is -2.20. The molecule has 3 heteroatoms. The number of rotatable bonds is 5. The van der Waals surface area contributed by atoms with Gasteiger partial charge in [0.15, 0.2) is 0 Å². The summed E-state index contributed by atoms with van der Waals surface area (Å²) in [5, 5.41) is 9.12. The Morgan fingerprint density at radius 2 is 2.33 bits per heavy atom. The summed E-state index contributed by atoms with van der Waals surface area (Å²) in [5.41, 5.74) is 1.24. The summed E-state index contributed by atoms with van der Waals surface area (Å²) in [5.74, 6) is 2.04. The smallest absolute Gasteiger partial charge is 0.120 e. The minimum Gasteiger partial charge on any atom is -0.497 e. The third kappa shape index (κ3) is 3.16. The summed E-state index contributed by atoms with van der Waals surface area (Å²) in [7, 11) is 1.70. The highest BCUT2D eigenvalue weighted by Gasteiger charge is 2.24. The maximum Gasteiger partial charge on any atom is 0.120 e. The van der Waals surface area contributed by atoms with Crippen molar-refractivity contribution in [2.45, 2.75) is 19.8 Å². The highest BCUT2D eigenvalue weighted by molar-refractivity contribution is 5.51. The van der Waals surface area contributed by atoms with Crippen molar-refractivity contribution in [3.05, 3.63) is 24.3 Å². The van der Waals surface area contributed by atoms with Crippen LogP contribution in [0.15, 0.2) is 24.3 Å². The Kier molecular flexibility index (Phi) is 4.48. The molecular weight excluding hydrogens is 226 g/mol. The van der Waals surface area contributed by atoms with Gasteiger partial charge in [-0.2, -0.15) is 0 Å². The van der Waals surface area contributed by atoms with Crippen LogP contribution in [0.25, 0.3) is 0 Å². The molecule has 1 aromatic rings. The van der Waals surface area contributed by atoms with Crippen LogP contribution in [0.5, 0.6) is 5.75 Å². The van der Waals surface area contributed by atoms with Gasteiger partial charge in [0.2, 0.25) is 0 Å². The van der Waals surface area contributed by atoms with E-state index < -0.39 is 0 Å². The first-order valence-corrected chi connectivity index (χ1v) is 6.72. The summed E-state index contributed by atoms with van der Waals surface area (Å²) >= 11 is 0. The molecule has 1 aromatic carbocycles. The van der Waals surface area contributed by atoms with E-state index in [0.29, 0.717) is 18.4 Å². The highest BCUT2D eigenvalue weighted by Crippen LogP contribution is 2.29. The van der Waals surface area contributed by atoms with Crippen LogP contribution in [0.2, 0.25) is 0 Å². The van der Waals surface area contributed by atoms with Gasteiger partial charge >= 0.3 is 0 Å². The minimum atomic E-state index is 0.301. The topological polar surface area (TPSA) is 32.7 Å². The van der Waals surface area contributed by atoms with Gasteiger partial charge in [-0.1, -0.05) is 13.0 Å². The number of aliphatic hydroxyl groups excluding tert-OH is 1. The lowest BCUT2D eigenvalue weighted by Gasteiger charge is -2.20. The molecular formula is C15H23NO2. The van der Waals surface area contributed by atoms with Crippen molar-refractivity contribution in [3.8, 4) is 5.75 Å². The molecule has 2 atom stereocenters. The molecule has 1 aliphatic rings. The largest absolute Gasteiger partial charge is 0.497 e. The van der Waals surface area contributed by atoms with Crippen molar-refractivity contribution in [3.63, 3.8) is 0 Å². The predicted octanol–water partition coefficient (Wildman–Crippen LogP) is 2.54. The molecule has 1 saturated heterocycles. The molecule has 0 bridgehead atoms. The molecule has 0 radical (unpaired) electrons. The summed E-state index contributed by atoms with van der Waals surface area (Å²) < 4.78 is 5.26. The fraction of sp³-hybridized carbons (Fsp3) is 0.600. The maximum absolute atomic E-state index is 9.12. The molecule has 0 saturated carbocycles. The monoisotopic (exact) mass is 249 g/mol. The van der Waals surface area contributed by atoms with Gasteiger partial charge in [-0.15, -0.1) is 0 Å². The van der Waals surface area contributed by atoms with Gasteiger partial charge in [0.05, 0.1) is 7.11 Å². The van der Waals surface area contributed by atoms with Crippen molar-refractivity contribution in [2.75, 3.05) is 31.7 Å². The number of ether oxygens (including phenoxy) is 1. The van der Waals surface area contributed by atoms with Crippen molar-refractivity contribution in [2.24, 2.45) is 11.8 Å². The number of hydrogen-bond acceptors (Lipinski definition) is 3. The second-order valence-corrected chi connectivity index (χ2v) is 5.33. The quantitative estimate of drug-likeness (QED) is 0.870. The van der Waals surface area contributed by atoms with Crippen molar-refractivity contribution < 1.29 is 9.84 Å². The van der Waals surface area contributed by atoms with E-state index >= 15 is 0 Å². The number of aliphatic hydroxyl groups is 1. The van der Waals surface area contributed by atoms with Gasteiger partial charge in [-0.05, 0) is 36.8 Å². The van der Waals surface area contributed by atoms with E-state index in [-0.39, 0.29) is 0 Å². The van der Waals surface area contributed by atoms with Gasteiger partial charge < -0.3 is 14.7 Å². The number of benzene rings is 1. The van der Waals surface area contributed by atoms with Crippen LogP contribution in [-0.2, 0) is 0 Å². The average molecular weight is 249 g/mol. The lowest BCUT2D eigenvalue weighted by atomic mass is 9.96. The third-order valence-electron chi connectivity index (χ3n) is 3.75. The number of anilines is 1. The van der Waals surface area contributed by atoms with Gasteiger partial charge in [-0.3, -0.25) is 0 Å². The molecule has 18 heavy (non-hydrogen) atoms. The van der Waals surface area contributed by atoms with E-state index in [4.69, 9.17) is 9.84 Å². The molecule has 0 amide bonds. The normalized spacial score (nSPS) is 21.1. The number of nitrogens with zero attached hydrogens (tertiary/aromatic N) is 1. The summed E-state index contributed by atoms with van der Waals surface area (Å²) in [6.45, 7) is 4.62. The molecule has 0 aromatic heterocycles. The van der Waals surface area contributed by atoms with Crippen LogP contribution in [-0.4, -0.2) is 31.9 Å². The molecule has 1 heterocycles. The summed E-state index contributed by atoms with van der Waals surface area (Å²) in [6.07, 6.45) is 2.35. The standard InChI is InChI=1S/C15H23NO2/c1-12(11-17)8-13-6-7-16(10-13)14-4-3-5-15(9-14)18-2/h3-5,9,12-13,17H,6-8,10-11H2,1-2H3. The highest BCUT2D eigenvalue weighted by atomic mass is 16.5. The van der Waals surface area contributed by atoms with Gasteiger partial charge in [0.25, 0.3) is 0 Å². The molecule has 2 rings (SSSR count). The van der Waals surface area contributed by atoms with Crippen LogP contribution in [0.1, 0.15) is 19.8 Å². The first kappa shape index (κ1) is 13.2. The second-order valence-electron chi connectivity index (χ2n) is 5.33. The van der Waals surface area contributed by atoms with E-state index in [9.17, 15) is 0 Å². The van der Waals surface area contributed by atoms with Crippen molar-refractivity contribution >= 4 is 5.69 Å². The van der Waals surface area contributed by atoms with E-state index in [1.165, 1.54) is 12.1 Å². The molecule has 0 aliphatic carbocycles. The zero-order valence-electron chi connectivity index (χ0n) is 11.3. The van der Waals surface area contributed by atoms with Crippen LogP contribution >= 0.6 is 0 Å². The fourth-order valence-electron chi connectivity index (χ4n) is 2.71. The minimum absolute atomic E-state index is 0.301. The molecule has 1 N–H and O–H groups in total. The Labute approximate surface area is 109 Å². The van der Waals surface area contributed by atoms with Crippen LogP contribution < -0.4 is 9.64 Å². The van der Waals surface area contributed by atoms with Crippen molar-refractivity contribution in [1.29, 1.82) is 0 Å². The van der Waals surface area contributed by atoms with Gasteiger partial charge in [0, 0.05) is 31.5 Å². The molecule has 100 valence electrons. The Morgan fingerprint density at radius 1 is 1.50 bits per heavy atom. The van der Waals surface area contributed by atoms with E-state index in [1.807, 2.05) is 12.1 Å². The zero-order valence-corrected chi connectivity index (χ0v) is 11.3. The second kappa shape index (κ2) is 6.10. The maximum atomic E-state index is 9.12. The fourth-order valence-corrected chi connectivity index (χ4v) is 2.71. The Morgan fingerprint density at radius 3 is 3.06 bits per heavy atom. The average Bonchev–Trinajstić information content (AvgIpc) is 2.87. The predicted molar refractivity (Wildman–Crippen MR) is 74.2 cm³/mol. The molecule has 1 fully saturated rings. The van der Waals surface area contributed by atoms with Crippen molar-refractivity contribution in [1.82, 2.24) is 0 Å². The van der Waals surface area contributed by atoms with Crippen LogP contribution in [0.3, 0.4) is 0 Å². The van der Waals surface area contributed by atoms with Gasteiger partial charge in [0.1, 0.15) is 5.75 Å². The van der Waals surface area contributed by atoms with Crippen LogP contribution in [0, 0.1) is 11.8 Å². The van der Waals surface area contributed by atoms with E-state index in [2.05, 4.69) is 24.0 Å². The number of methoxy groups -OCH3 is 1.